The van der Waals surface area contributed by atoms with Crippen LogP contribution in [-0.2, 0) is 4.74 Å². The molecule has 7 heteroatoms. The highest BCUT2D eigenvalue weighted by molar-refractivity contribution is 5.99. The standard InChI is InChI=1S/C16H20N2O5/c1-16(2,3)23-15(20)17(12-7-8-12)10-14(19)11-5-4-6-13(9-11)18(21)22/h4-6,9,12H,7-8,10H2,1-3H3. The Bertz CT molecular complexity index is 632. The van der Waals surface area contributed by atoms with Crippen LogP contribution >= 0.6 is 0 Å². The van der Waals surface area contributed by atoms with Gasteiger partial charge in [-0.3, -0.25) is 19.8 Å². The van der Waals surface area contributed by atoms with Gasteiger partial charge in [-0.05, 0) is 33.6 Å². The lowest BCUT2D eigenvalue weighted by atomic mass is 10.1. The first-order valence-corrected chi connectivity index (χ1v) is 7.44. The summed E-state index contributed by atoms with van der Waals surface area (Å²) >= 11 is 0. The average Bonchev–Trinajstić information content (AvgIpc) is 3.27. The van der Waals surface area contributed by atoms with E-state index >= 15 is 0 Å². The van der Waals surface area contributed by atoms with Crippen LogP contribution in [0.5, 0.6) is 0 Å². The van der Waals surface area contributed by atoms with E-state index < -0.39 is 16.6 Å². The van der Waals surface area contributed by atoms with Crippen LogP contribution in [0.2, 0.25) is 0 Å². The van der Waals surface area contributed by atoms with Crippen molar-refractivity contribution in [3.63, 3.8) is 0 Å². The van der Waals surface area contributed by atoms with E-state index in [2.05, 4.69) is 0 Å². The smallest absolute Gasteiger partial charge is 0.410 e. The van der Waals surface area contributed by atoms with Crippen molar-refractivity contribution in [1.82, 2.24) is 4.90 Å². The first kappa shape index (κ1) is 16.9. The Hall–Kier alpha value is -2.44. The van der Waals surface area contributed by atoms with Crippen LogP contribution in [0.3, 0.4) is 0 Å². The van der Waals surface area contributed by atoms with Gasteiger partial charge in [0.05, 0.1) is 11.5 Å². The van der Waals surface area contributed by atoms with Crippen LogP contribution < -0.4 is 0 Å². The molecule has 1 fully saturated rings. The number of rotatable bonds is 5. The minimum absolute atomic E-state index is 0.00694. The summed E-state index contributed by atoms with van der Waals surface area (Å²) in [7, 11) is 0. The van der Waals surface area contributed by atoms with Gasteiger partial charge in [0, 0.05) is 23.7 Å². The number of carbonyl (C=O) groups is 2. The summed E-state index contributed by atoms with van der Waals surface area (Å²) < 4.78 is 5.33. The van der Waals surface area contributed by atoms with Gasteiger partial charge in [0.1, 0.15) is 5.60 Å². The molecule has 0 bridgehead atoms. The van der Waals surface area contributed by atoms with E-state index in [-0.39, 0.29) is 29.6 Å². The van der Waals surface area contributed by atoms with Crippen molar-refractivity contribution in [3.8, 4) is 0 Å². The van der Waals surface area contributed by atoms with Crippen LogP contribution in [0.1, 0.15) is 44.0 Å². The zero-order valence-electron chi connectivity index (χ0n) is 13.4. The molecule has 0 saturated heterocycles. The van der Waals surface area contributed by atoms with E-state index in [9.17, 15) is 19.7 Å². The van der Waals surface area contributed by atoms with Crippen molar-refractivity contribution in [3.05, 3.63) is 39.9 Å². The van der Waals surface area contributed by atoms with Gasteiger partial charge < -0.3 is 4.74 Å². The Morgan fingerprint density at radius 2 is 2.00 bits per heavy atom. The molecule has 2 rings (SSSR count). The number of benzene rings is 1. The van der Waals surface area contributed by atoms with Gasteiger partial charge in [-0.25, -0.2) is 4.79 Å². The molecule has 1 aliphatic carbocycles. The van der Waals surface area contributed by atoms with E-state index in [1.165, 1.54) is 29.2 Å². The Balaban J connectivity index is 2.11. The molecule has 0 heterocycles. The van der Waals surface area contributed by atoms with E-state index in [0.717, 1.165) is 12.8 Å². The number of carbonyl (C=O) groups excluding carboxylic acids is 2. The van der Waals surface area contributed by atoms with Gasteiger partial charge >= 0.3 is 6.09 Å². The minimum Gasteiger partial charge on any atom is -0.444 e. The summed E-state index contributed by atoms with van der Waals surface area (Å²) in [5.41, 5.74) is -0.571. The van der Waals surface area contributed by atoms with E-state index in [1.807, 2.05) is 0 Å². The normalized spacial score (nSPS) is 14.2. The molecule has 124 valence electrons. The molecular weight excluding hydrogens is 300 g/mol. The Kier molecular flexibility index (Phi) is 4.68. The SMILES string of the molecule is CC(C)(C)OC(=O)N(CC(=O)c1cccc([N+](=O)[O-])c1)C1CC1. The fourth-order valence-corrected chi connectivity index (χ4v) is 2.09. The number of ketones is 1. The number of hydrogen-bond donors (Lipinski definition) is 0. The number of nitrogens with zero attached hydrogens (tertiary/aromatic N) is 2. The molecule has 0 aromatic heterocycles. The molecule has 0 unspecified atom stereocenters. The number of nitro groups is 1. The maximum Gasteiger partial charge on any atom is 0.410 e. The molecule has 0 radical (unpaired) electrons. The number of amides is 1. The van der Waals surface area contributed by atoms with Gasteiger partial charge in [0.25, 0.3) is 5.69 Å². The summed E-state index contributed by atoms with van der Waals surface area (Å²) in [5, 5.41) is 10.8. The van der Waals surface area contributed by atoms with Gasteiger partial charge in [0.15, 0.2) is 5.78 Å². The zero-order valence-corrected chi connectivity index (χ0v) is 13.4. The van der Waals surface area contributed by atoms with E-state index in [0.29, 0.717) is 0 Å². The number of hydrogen-bond acceptors (Lipinski definition) is 5. The summed E-state index contributed by atoms with van der Waals surface area (Å²) in [6.45, 7) is 5.15. The van der Waals surface area contributed by atoms with Crippen molar-refractivity contribution in [2.45, 2.75) is 45.3 Å². The molecule has 1 aromatic rings. The minimum atomic E-state index is -0.640. The molecule has 0 aliphatic heterocycles. The molecule has 1 saturated carbocycles. The quantitative estimate of drug-likeness (QED) is 0.472. The number of non-ortho nitro benzene ring substituents is 1. The zero-order chi connectivity index (χ0) is 17.2. The highest BCUT2D eigenvalue weighted by atomic mass is 16.6. The highest BCUT2D eigenvalue weighted by Crippen LogP contribution is 2.28. The second-order valence-corrected chi connectivity index (χ2v) is 6.57. The Morgan fingerprint density at radius 3 is 2.52 bits per heavy atom. The lowest BCUT2D eigenvalue weighted by molar-refractivity contribution is -0.384. The van der Waals surface area contributed by atoms with Gasteiger partial charge in [-0.1, -0.05) is 12.1 Å². The van der Waals surface area contributed by atoms with Crippen molar-refractivity contribution in [1.29, 1.82) is 0 Å². The summed E-state index contributed by atoms with van der Waals surface area (Å²) in [5.74, 6) is -0.341. The molecular formula is C16H20N2O5. The first-order chi connectivity index (χ1) is 10.7. The van der Waals surface area contributed by atoms with Gasteiger partial charge in [0.2, 0.25) is 0 Å². The third kappa shape index (κ3) is 4.77. The Labute approximate surface area is 134 Å². The predicted molar refractivity (Wildman–Crippen MR) is 83.4 cm³/mol. The third-order valence-electron chi connectivity index (χ3n) is 3.31. The van der Waals surface area contributed by atoms with Crippen molar-refractivity contribution >= 4 is 17.6 Å². The number of nitro benzene ring substituents is 1. The maximum atomic E-state index is 12.4. The molecule has 1 amide bonds. The van der Waals surface area contributed by atoms with Crippen molar-refractivity contribution < 1.29 is 19.2 Å². The monoisotopic (exact) mass is 320 g/mol. The number of ether oxygens (including phenoxy) is 1. The fraction of sp³-hybridized carbons (Fsp3) is 0.500. The lowest BCUT2D eigenvalue weighted by Crippen LogP contribution is -2.41. The molecule has 0 N–H and O–H groups in total. The third-order valence-corrected chi connectivity index (χ3v) is 3.31. The molecule has 0 spiro atoms. The highest BCUT2D eigenvalue weighted by Gasteiger charge is 2.36. The van der Waals surface area contributed by atoms with Crippen molar-refractivity contribution in [2.24, 2.45) is 0 Å². The molecule has 23 heavy (non-hydrogen) atoms. The average molecular weight is 320 g/mol. The lowest BCUT2D eigenvalue weighted by Gasteiger charge is -2.27. The van der Waals surface area contributed by atoms with Crippen LogP contribution in [0.4, 0.5) is 10.5 Å². The van der Waals surface area contributed by atoms with Crippen LogP contribution in [0, 0.1) is 10.1 Å². The Morgan fingerprint density at radius 1 is 1.35 bits per heavy atom. The van der Waals surface area contributed by atoms with Crippen LogP contribution in [-0.4, -0.2) is 39.9 Å². The van der Waals surface area contributed by atoms with Crippen molar-refractivity contribution in [2.75, 3.05) is 6.54 Å². The van der Waals surface area contributed by atoms with Crippen LogP contribution in [0.25, 0.3) is 0 Å². The van der Waals surface area contributed by atoms with E-state index in [1.54, 1.807) is 20.8 Å². The molecule has 1 aliphatic rings. The molecule has 7 nitrogen and oxygen atoms in total. The van der Waals surface area contributed by atoms with E-state index in [4.69, 9.17) is 4.74 Å². The maximum absolute atomic E-state index is 12.4. The number of Topliss-reactive ketones (excluding diaryl/α,β-unsaturated/α-hetero) is 1. The second-order valence-electron chi connectivity index (χ2n) is 6.57. The molecule has 0 atom stereocenters. The van der Waals surface area contributed by atoms with Gasteiger partial charge in [-0.2, -0.15) is 0 Å². The topological polar surface area (TPSA) is 89.8 Å². The summed E-state index contributed by atoms with van der Waals surface area (Å²) in [6.07, 6.45) is 1.14. The second kappa shape index (κ2) is 6.36. The summed E-state index contributed by atoms with van der Waals surface area (Å²) in [4.78, 5) is 36.2. The fourth-order valence-electron chi connectivity index (χ4n) is 2.09. The van der Waals surface area contributed by atoms with Crippen LogP contribution in [0.15, 0.2) is 24.3 Å². The molecule has 1 aromatic carbocycles. The summed E-state index contributed by atoms with van der Waals surface area (Å²) in [6, 6.07) is 5.52. The predicted octanol–water partition coefficient (Wildman–Crippen LogP) is 3.18. The van der Waals surface area contributed by atoms with Gasteiger partial charge in [-0.15, -0.1) is 0 Å². The largest absolute Gasteiger partial charge is 0.444 e. The first-order valence-electron chi connectivity index (χ1n) is 7.44.